The summed E-state index contributed by atoms with van der Waals surface area (Å²) in [6.07, 6.45) is 2.68. The van der Waals surface area contributed by atoms with Crippen molar-refractivity contribution in [3.05, 3.63) is 138 Å². The lowest BCUT2D eigenvalue weighted by Gasteiger charge is -2.36. The van der Waals surface area contributed by atoms with Crippen LogP contribution in [-0.4, -0.2) is 41.9 Å². The highest BCUT2D eigenvalue weighted by Crippen LogP contribution is 2.43. The molecule has 1 atom stereocenters. The van der Waals surface area contributed by atoms with Gasteiger partial charge in [-0.1, -0.05) is 112 Å². The standard InChI is InChI=1S/C36H33FN6O2/c1-35(2,3)29(22-31(44)45)40-30-19-20-38-33(41-30)32-28-21-27(37)23-39-34(28)43(42-32)36(24-13-7-4-8-14-24,25-15-9-5-10-16-25)26-17-11-6-12-18-26/h4-21,23,29H,22H2,1-3H3,(H,44,45)(H,38,40,41)/t29-/m1/s1. The molecule has 6 aromatic rings. The molecule has 8 nitrogen and oxygen atoms in total. The molecule has 0 fully saturated rings. The molecule has 0 aliphatic rings. The Morgan fingerprint density at radius 2 is 1.42 bits per heavy atom. The van der Waals surface area contributed by atoms with E-state index in [2.05, 4.69) is 15.3 Å². The topological polar surface area (TPSA) is 106 Å². The number of hydrogen-bond acceptors (Lipinski definition) is 6. The molecule has 6 rings (SSSR count). The number of rotatable bonds is 9. The molecule has 9 heteroatoms. The maximum absolute atomic E-state index is 14.9. The summed E-state index contributed by atoms with van der Waals surface area (Å²) >= 11 is 0. The minimum Gasteiger partial charge on any atom is -0.481 e. The zero-order valence-corrected chi connectivity index (χ0v) is 25.2. The van der Waals surface area contributed by atoms with Crippen molar-refractivity contribution in [3.8, 4) is 11.5 Å². The predicted octanol–water partition coefficient (Wildman–Crippen LogP) is 7.17. The molecule has 2 N–H and O–H groups in total. The van der Waals surface area contributed by atoms with E-state index in [1.54, 1.807) is 12.3 Å². The molecule has 3 heterocycles. The van der Waals surface area contributed by atoms with Crippen molar-refractivity contribution in [2.24, 2.45) is 5.41 Å². The predicted molar refractivity (Wildman–Crippen MR) is 172 cm³/mol. The van der Waals surface area contributed by atoms with E-state index >= 15 is 0 Å². The number of benzene rings is 3. The van der Waals surface area contributed by atoms with E-state index in [0.717, 1.165) is 16.7 Å². The molecule has 0 aliphatic carbocycles. The van der Waals surface area contributed by atoms with Crippen LogP contribution in [0.3, 0.4) is 0 Å². The summed E-state index contributed by atoms with van der Waals surface area (Å²) in [6.45, 7) is 5.90. The summed E-state index contributed by atoms with van der Waals surface area (Å²) in [5.74, 6) is -0.741. The van der Waals surface area contributed by atoms with Crippen molar-refractivity contribution in [3.63, 3.8) is 0 Å². The van der Waals surface area contributed by atoms with Gasteiger partial charge in [0.05, 0.1) is 18.0 Å². The first-order chi connectivity index (χ1) is 21.7. The highest BCUT2D eigenvalue weighted by Gasteiger charge is 2.41. The van der Waals surface area contributed by atoms with Gasteiger partial charge in [-0.3, -0.25) is 4.79 Å². The fraction of sp³-hybridized carbons (Fsp3) is 0.194. The van der Waals surface area contributed by atoms with Gasteiger partial charge in [0.1, 0.15) is 22.9 Å². The van der Waals surface area contributed by atoms with Gasteiger partial charge in [-0.15, -0.1) is 0 Å². The lowest BCUT2D eigenvalue weighted by Crippen LogP contribution is -2.38. The second-order valence-electron chi connectivity index (χ2n) is 12.0. The molecule has 45 heavy (non-hydrogen) atoms. The number of nitrogens with one attached hydrogen (secondary N) is 1. The van der Waals surface area contributed by atoms with Crippen LogP contribution in [-0.2, 0) is 10.3 Å². The first-order valence-corrected chi connectivity index (χ1v) is 14.7. The van der Waals surface area contributed by atoms with Gasteiger partial charge in [-0.2, -0.15) is 5.10 Å². The van der Waals surface area contributed by atoms with Crippen molar-refractivity contribution in [2.75, 3.05) is 5.32 Å². The van der Waals surface area contributed by atoms with Gasteiger partial charge in [0.2, 0.25) is 0 Å². The van der Waals surface area contributed by atoms with E-state index < -0.39 is 23.4 Å². The third-order valence-corrected chi connectivity index (χ3v) is 8.00. The van der Waals surface area contributed by atoms with Crippen molar-refractivity contribution < 1.29 is 14.3 Å². The third kappa shape index (κ3) is 5.64. The van der Waals surface area contributed by atoms with E-state index in [9.17, 15) is 14.3 Å². The number of anilines is 1. The van der Waals surface area contributed by atoms with E-state index in [4.69, 9.17) is 10.1 Å². The van der Waals surface area contributed by atoms with Crippen molar-refractivity contribution >= 4 is 22.8 Å². The molecule has 0 aliphatic heterocycles. The van der Waals surface area contributed by atoms with E-state index in [0.29, 0.717) is 22.5 Å². The van der Waals surface area contributed by atoms with Crippen molar-refractivity contribution in [1.29, 1.82) is 0 Å². The molecular weight excluding hydrogens is 567 g/mol. The Bertz CT molecular complexity index is 1840. The van der Waals surface area contributed by atoms with E-state index in [-0.39, 0.29) is 17.7 Å². The fourth-order valence-corrected chi connectivity index (χ4v) is 5.76. The molecular formula is C36H33FN6O2. The van der Waals surface area contributed by atoms with Gasteiger partial charge < -0.3 is 10.4 Å². The van der Waals surface area contributed by atoms with Crippen LogP contribution in [0.25, 0.3) is 22.6 Å². The van der Waals surface area contributed by atoms with Crippen molar-refractivity contribution in [1.82, 2.24) is 24.7 Å². The molecule has 3 aromatic carbocycles. The number of carboxylic acid groups (broad SMARTS) is 1. The average molecular weight is 601 g/mol. The Hall–Kier alpha value is -5.44. The first-order valence-electron chi connectivity index (χ1n) is 14.7. The molecule has 226 valence electrons. The molecule has 0 radical (unpaired) electrons. The number of halogens is 1. The number of hydrogen-bond donors (Lipinski definition) is 2. The Labute approximate surface area is 260 Å². The average Bonchev–Trinajstić information content (AvgIpc) is 3.41. The Morgan fingerprint density at radius 3 is 1.93 bits per heavy atom. The molecule has 0 saturated carbocycles. The van der Waals surface area contributed by atoms with Crippen LogP contribution >= 0.6 is 0 Å². The minimum atomic E-state index is -1.00. The number of fused-ring (bicyclic) bond motifs is 1. The highest BCUT2D eigenvalue weighted by molar-refractivity contribution is 5.90. The largest absolute Gasteiger partial charge is 0.481 e. The maximum atomic E-state index is 14.9. The molecule has 0 spiro atoms. The summed E-state index contributed by atoms with van der Waals surface area (Å²) in [6, 6.07) is 32.8. The summed E-state index contributed by atoms with van der Waals surface area (Å²) in [7, 11) is 0. The number of nitrogens with zero attached hydrogens (tertiary/aromatic N) is 5. The molecule has 3 aromatic heterocycles. The van der Waals surface area contributed by atoms with Gasteiger partial charge in [-0.25, -0.2) is 24.0 Å². The Balaban J connectivity index is 1.62. The van der Waals surface area contributed by atoms with Crippen LogP contribution in [0, 0.1) is 11.2 Å². The third-order valence-electron chi connectivity index (χ3n) is 8.00. The second kappa shape index (κ2) is 11.9. The zero-order valence-electron chi connectivity index (χ0n) is 25.2. The van der Waals surface area contributed by atoms with Crippen LogP contribution in [0.15, 0.2) is 116 Å². The SMILES string of the molecule is CC(C)(C)[C@@H](CC(=O)O)Nc1ccnc(-c2nn(C(c3ccccc3)(c3ccccc3)c3ccccc3)c3ncc(F)cc23)n1. The zero-order chi connectivity index (χ0) is 31.6. The number of carbonyl (C=O) groups is 1. The summed E-state index contributed by atoms with van der Waals surface area (Å²) in [5.41, 5.74) is 2.22. The van der Waals surface area contributed by atoms with Crippen LogP contribution < -0.4 is 5.32 Å². The molecule has 0 saturated heterocycles. The normalized spacial score (nSPS) is 12.6. The van der Waals surface area contributed by atoms with Gasteiger partial charge in [0, 0.05) is 12.2 Å². The Kier molecular flexibility index (Phi) is 7.85. The lowest BCUT2D eigenvalue weighted by molar-refractivity contribution is -0.137. The highest BCUT2D eigenvalue weighted by atomic mass is 19.1. The van der Waals surface area contributed by atoms with Crippen molar-refractivity contribution in [2.45, 2.75) is 38.8 Å². The summed E-state index contributed by atoms with van der Waals surface area (Å²) in [5, 5.41) is 18.4. The first kappa shape index (κ1) is 29.6. The maximum Gasteiger partial charge on any atom is 0.305 e. The van der Waals surface area contributed by atoms with E-state index in [1.807, 2.05) is 116 Å². The number of pyridine rings is 1. The van der Waals surface area contributed by atoms with Crippen LogP contribution in [0.5, 0.6) is 0 Å². The van der Waals surface area contributed by atoms with Gasteiger partial charge >= 0.3 is 5.97 Å². The molecule has 0 bridgehead atoms. The Morgan fingerprint density at radius 1 is 0.867 bits per heavy atom. The van der Waals surface area contributed by atoms with Crippen LogP contribution in [0.2, 0.25) is 0 Å². The lowest BCUT2D eigenvalue weighted by atomic mass is 9.77. The molecule has 0 amide bonds. The van der Waals surface area contributed by atoms with Gasteiger partial charge in [0.15, 0.2) is 11.5 Å². The summed E-state index contributed by atoms with van der Waals surface area (Å²) in [4.78, 5) is 25.5. The molecule has 0 unspecified atom stereocenters. The fourth-order valence-electron chi connectivity index (χ4n) is 5.76. The number of carboxylic acids is 1. The minimum absolute atomic E-state index is 0.0940. The monoisotopic (exact) mass is 600 g/mol. The number of aromatic nitrogens is 5. The van der Waals surface area contributed by atoms with Crippen LogP contribution in [0.4, 0.5) is 10.2 Å². The van der Waals surface area contributed by atoms with Gasteiger partial charge in [0.25, 0.3) is 0 Å². The van der Waals surface area contributed by atoms with Gasteiger partial charge in [-0.05, 0) is 34.2 Å². The number of aliphatic carboxylic acids is 1. The second-order valence-corrected chi connectivity index (χ2v) is 12.0. The van der Waals surface area contributed by atoms with Crippen LogP contribution in [0.1, 0.15) is 43.9 Å². The smallest absolute Gasteiger partial charge is 0.305 e. The van der Waals surface area contributed by atoms with E-state index in [1.165, 1.54) is 12.3 Å². The quantitative estimate of drug-likeness (QED) is 0.170. The summed E-state index contributed by atoms with van der Waals surface area (Å²) < 4.78 is 16.7.